The number of amides is 2. The standard InChI is InChI=1S/C15H23N3O3/c1-20-10-11-21-14-7-6-13(12-16-14)17-15(19)18-8-4-2-3-5-9-18/h6-7,12H,2-5,8-11H2,1H3,(H,17,19). The quantitative estimate of drug-likeness (QED) is 0.847. The molecule has 6 nitrogen and oxygen atoms in total. The summed E-state index contributed by atoms with van der Waals surface area (Å²) in [6, 6.07) is 3.49. The summed E-state index contributed by atoms with van der Waals surface area (Å²) < 4.78 is 10.3. The van der Waals surface area contributed by atoms with Crippen LogP contribution in [0.3, 0.4) is 0 Å². The first-order valence-corrected chi connectivity index (χ1v) is 7.43. The summed E-state index contributed by atoms with van der Waals surface area (Å²) in [6.45, 7) is 2.65. The smallest absolute Gasteiger partial charge is 0.321 e. The van der Waals surface area contributed by atoms with Crippen molar-refractivity contribution in [2.75, 3.05) is 38.7 Å². The third kappa shape index (κ3) is 5.23. The molecule has 1 aliphatic rings. The fourth-order valence-electron chi connectivity index (χ4n) is 2.25. The summed E-state index contributed by atoms with van der Waals surface area (Å²) in [5.74, 6) is 0.528. The van der Waals surface area contributed by atoms with E-state index in [1.54, 1.807) is 25.4 Å². The molecule has 1 fully saturated rings. The molecule has 2 heterocycles. The number of methoxy groups -OCH3 is 1. The number of nitrogens with zero attached hydrogens (tertiary/aromatic N) is 2. The second-order valence-electron chi connectivity index (χ2n) is 5.06. The number of rotatable bonds is 5. The zero-order valence-corrected chi connectivity index (χ0v) is 12.5. The van der Waals surface area contributed by atoms with E-state index in [1.807, 2.05) is 4.90 Å². The highest BCUT2D eigenvalue weighted by atomic mass is 16.5. The largest absolute Gasteiger partial charge is 0.475 e. The van der Waals surface area contributed by atoms with Gasteiger partial charge in [-0.25, -0.2) is 9.78 Å². The first kappa shape index (κ1) is 15.6. The van der Waals surface area contributed by atoms with Crippen molar-refractivity contribution in [2.45, 2.75) is 25.7 Å². The Bertz CT molecular complexity index is 428. The molecule has 0 aliphatic carbocycles. The van der Waals surface area contributed by atoms with Crippen LogP contribution in [0.25, 0.3) is 0 Å². The molecular formula is C15H23N3O3. The van der Waals surface area contributed by atoms with Crippen LogP contribution in [-0.4, -0.2) is 49.3 Å². The predicted octanol–water partition coefficient (Wildman–Crippen LogP) is 2.51. The van der Waals surface area contributed by atoms with Crippen LogP contribution >= 0.6 is 0 Å². The van der Waals surface area contributed by atoms with Crippen LogP contribution in [0.2, 0.25) is 0 Å². The number of hydrogen-bond donors (Lipinski definition) is 1. The summed E-state index contributed by atoms with van der Waals surface area (Å²) in [5, 5.41) is 2.88. The molecule has 2 amide bonds. The van der Waals surface area contributed by atoms with Gasteiger partial charge in [0.05, 0.1) is 18.5 Å². The summed E-state index contributed by atoms with van der Waals surface area (Å²) in [6.07, 6.45) is 6.19. The van der Waals surface area contributed by atoms with Gasteiger partial charge in [-0.3, -0.25) is 0 Å². The number of nitrogens with one attached hydrogen (secondary N) is 1. The summed E-state index contributed by atoms with van der Waals surface area (Å²) in [5.41, 5.74) is 0.684. The number of ether oxygens (including phenoxy) is 2. The minimum Gasteiger partial charge on any atom is -0.475 e. The maximum atomic E-state index is 12.2. The Morgan fingerprint density at radius 3 is 2.62 bits per heavy atom. The number of carbonyl (C=O) groups is 1. The van der Waals surface area contributed by atoms with Gasteiger partial charge in [-0.15, -0.1) is 0 Å². The molecule has 0 bridgehead atoms. The zero-order chi connectivity index (χ0) is 14.9. The first-order chi connectivity index (χ1) is 10.3. The second-order valence-corrected chi connectivity index (χ2v) is 5.06. The molecule has 0 saturated carbocycles. The molecule has 0 atom stereocenters. The average molecular weight is 293 g/mol. The van der Waals surface area contributed by atoms with Gasteiger partial charge < -0.3 is 19.7 Å². The molecule has 21 heavy (non-hydrogen) atoms. The average Bonchev–Trinajstić information content (AvgIpc) is 2.78. The topological polar surface area (TPSA) is 63.7 Å². The van der Waals surface area contributed by atoms with Gasteiger partial charge in [0, 0.05) is 26.3 Å². The van der Waals surface area contributed by atoms with E-state index >= 15 is 0 Å². The second kappa shape index (κ2) is 8.46. The van der Waals surface area contributed by atoms with Crippen molar-refractivity contribution < 1.29 is 14.3 Å². The predicted molar refractivity (Wildman–Crippen MR) is 80.7 cm³/mol. The van der Waals surface area contributed by atoms with E-state index in [2.05, 4.69) is 10.3 Å². The number of carbonyl (C=O) groups excluding carboxylic acids is 1. The van der Waals surface area contributed by atoms with Gasteiger partial charge in [-0.05, 0) is 18.9 Å². The molecule has 6 heteroatoms. The molecule has 0 unspecified atom stereocenters. The van der Waals surface area contributed by atoms with Crippen LogP contribution in [0.4, 0.5) is 10.5 Å². The lowest BCUT2D eigenvalue weighted by molar-refractivity contribution is 0.144. The fourth-order valence-corrected chi connectivity index (χ4v) is 2.25. The molecule has 1 saturated heterocycles. The zero-order valence-electron chi connectivity index (χ0n) is 12.5. The lowest BCUT2D eigenvalue weighted by Gasteiger charge is -2.20. The van der Waals surface area contributed by atoms with Crippen LogP contribution in [0.1, 0.15) is 25.7 Å². The van der Waals surface area contributed by atoms with Gasteiger partial charge in [0.1, 0.15) is 6.61 Å². The number of hydrogen-bond acceptors (Lipinski definition) is 4. The first-order valence-electron chi connectivity index (χ1n) is 7.43. The van der Waals surface area contributed by atoms with Crippen LogP contribution < -0.4 is 10.1 Å². The van der Waals surface area contributed by atoms with E-state index in [0.717, 1.165) is 25.9 Å². The molecule has 0 aromatic carbocycles. The van der Waals surface area contributed by atoms with Gasteiger partial charge in [-0.1, -0.05) is 12.8 Å². The molecule has 1 N–H and O–H groups in total. The lowest BCUT2D eigenvalue weighted by atomic mass is 10.2. The van der Waals surface area contributed by atoms with Crippen molar-refractivity contribution in [1.29, 1.82) is 0 Å². The van der Waals surface area contributed by atoms with Crippen molar-refractivity contribution in [3.8, 4) is 5.88 Å². The minimum absolute atomic E-state index is 0.0493. The third-order valence-corrected chi connectivity index (χ3v) is 3.42. The highest BCUT2D eigenvalue weighted by Gasteiger charge is 2.15. The van der Waals surface area contributed by atoms with Crippen LogP contribution in [0.15, 0.2) is 18.3 Å². The Balaban J connectivity index is 1.82. The van der Waals surface area contributed by atoms with Crippen molar-refractivity contribution in [3.63, 3.8) is 0 Å². The fraction of sp³-hybridized carbons (Fsp3) is 0.600. The van der Waals surface area contributed by atoms with E-state index in [0.29, 0.717) is 24.8 Å². The highest BCUT2D eigenvalue weighted by Crippen LogP contribution is 2.14. The number of likely N-dealkylation sites (tertiary alicyclic amines) is 1. The van der Waals surface area contributed by atoms with Crippen molar-refractivity contribution >= 4 is 11.7 Å². The number of aromatic nitrogens is 1. The van der Waals surface area contributed by atoms with E-state index in [1.165, 1.54) is 12.8 Å². The number of urea groups is 1. The van der Waals surface area contributed by atoms with E-state index < -0.39 is 0 Å². The maximum absolute atomic E-state index is 12.2. The van der Waals surface area contributed by atoms with E-state index in [4.69, 9.17) is 9.47 Å². The Morgan fingerprint density at radius 1 is 1.24 bits per heavy atom. The minimum atomic E-state index is -0.0493. The number of pyridine rings is 1. The van der Waals surface area contributed by atoms with Crippen LogP contribution in [0, 0.1) is 0 Å². The third-order valence-electron chi connectivity index (χ3n) is 3.42. The van der Waals surface area contributed by atoms with Crippen LogP contribution in [-0.2, 0) is 4.74 Å². The molecule has 1 aromatic rings. The maximum Gasteiger partial charge on any atom is 0.321 e. The van der Waals surface area contributed by atoms with Gasteiger partial charge in [0.15, 0.2) is 0 Å². The van der Waals surface area contributed by atoms with Gasteiger partial charge in [0.2, 0.25) is 5.88 Å². The van der Waals surface area contributed by atoms with Crippen molar-refractivity contribution in [3.05, 3.63) is 18.3 Å². The summed E-state index contributed by atoms with van der Waals surface area (Å²) in [4.78, 5) is 18.2. The van der Waals surface area contributed by atoms with E-state index in [-0.39, 0.29) is 6.03 Å². The Kier molecular flexibility index (Phi) is 6.27. The summed E-state index contributed by atoms with van der Waals surface area (Å²) in [7, 11) is 1.62. The molecule has 2 rings (SSSR count). The molecular weight excluding hydrogens is 270 g/mol. The van der Waals surface area contributed by atoms with Crippen molar-refractivity contribution in [1.82, 2.24) is 9.88 Å². The number of anilines is 1. The summed E-state index contributed by atoms with van der Waals surface area (Å²) >= 11 is 0. The SMILES string of the molecule is COCCOc1ccc(NC(=O)N2CCCCCC2)cn1. The van der Waals surface area contributed by atoms with Gasteiger partial charge in [0.25, 0.3) is 0 Å². The highest BCUT2D eigenvalue weighted by molar-refractivity contribution is 5.89. The molecule has 0 radical (unpaired) electrons. The van der Waals surface area contributed by atoms with Crippen LogP contribution in [0.5, 0.6) is 5.88 Å². The molecule has 116 valence electrons. The lowest BCUT2D eigenvalue weighted by Crippen LogP contribution is -2.35. The monoisotopic (exact) mass is 293 g/mol. The molecule has 1 aromatic heterocycles. The normalized spacial score (nSPS) is 15.4. The van der Waals surface area contributed by atoms with E-state index in [9.17, 15) is 4.79 Å². The van der Waals surface area contributed by atoms with Gasteiger partial charge >= 0.3 is 6.03 Å². The van der Waals surface area contributed by atoms with Gasteiger partial charge in [-0.2, -0.15) is 0 Å². The Morgan fingerprint density at radius 2 is 2.00 bits per heavy atom. The Labute approximate surface area is 125 Å². The Hall–Kier alpha value is -1.82. The van der Waals surface area contributed by atoms with Crippen molar-refractivity contribution in [2.24, 2.45) is 0 Å². The molecule has 0 spiro atoms. The molecule has 1 aliphatic heterocycles.